The molecule has 0 aromatic heterocycles. The Hall–Kier alpha value is -3.39. The Bertz CT molecular complexity index is 1020. The Morgan fingerprint density at radius 2 is 1.67 bits per heavy atom. The summed E-state index contributed by atoms with van der Waals surface area (Å²) in [6.45, 7) is 3.50. The number of nitrogens with one attached hydrogen (secondary N) is 2. The summed E-state index contributed by atoms with van der Waals surface area (Å²) < 4.78 is 11.1. The monoisotopic (exact) mass is 452 g/mol. The van der Waals surface area contributed by atoms with Gasteiger partial charge >= 0.3 is 12.1 Å². The van der Waals surface area contributed by atoms with Gasteiger partial charge in [0.05, 0.1) is 11.5 Å². The quantitative estimate of drug-likeness (QED) is 0.595. The Balaban J connectivity index is 1.34. The van der Waals surface area contributed by atoms with Gasteiger partial charge in [0.2, 0.25) is 0 Å². The molecule has 4 rings (SSSR count). The first kappa shape index (κ1) is 22.8. The lowest BCUT2D eigenvalue weighted by atomic mass is 9.94. The van der Waals surface area contributed by atoms with Crippen molar-refractivity contribution < 1.29 is 29.0 Å². The SMILES string of the molecule is CC(C)(CNC(=O)[C@@H]1OCC[C@@H]1NC(=O)OCC1c2ccccc2-c2ccccc21)C(=O)O. The number of carbonyl (C=O) groups is 3. The van der Waals surface area contributed by atoms with Gasteiger partial charge in [0.25, 0.3) is 5.91 Å². The molecule has 1 heterocycles. The molecule has 8 heteroatoms. The molecule has 2 atom stereocenters. The Morgan fingerprint density at radius 1 is 1.06 bits per heavy atom. The number of carbonyl (C=O) groups excluding carboxylic acids is 2. The molecule has 1 aliphatic carbocycles. The van der Waals surface area contributed by atoms with Crippen molar-refractivity contribution in [2.75, 3.05) is 19.8 Å². The first-order valence-electron chi connectivity index (χ1n) is 11.0. The first-order chi connectivity index (χ1) is 15.8. The van der Waals surface area contributed by atoms with Gasteiger partial charge in [-0.15, -0.1) is 0 Å². The van der Waals surface area contributed by atoms with Crippen LogP contribution in [0.15, 0.2) is 48.5 Å². The minimum Gasteiger partial charge on any atom is -0.481 e. The molecule has 8 nitrogen and oxygen atoms in total. The zero-order valence-corrected chi connectivity index (χ0v) is 18.7. The van der Waals surface area contributed by atoms with Gasteiger partial charge in [-0.05, 0) is 42.5 Å². The Morgan fingerprint density at radius 3 is 2.27 bits per heavy atom. The van der Waals surface area contributed by atoms with E-state index in [-0.39, 0.29) is 19.1 Å². The first-order valence-corrected chi connectivity index (χ1v) is 11.0. The fourth-order valence-electron chi connectivity index (χ4n) is 4.27. The highest BCUT2D eigenvalue weighted by molar-refractivity contribution is 5.84. The van der Waals surface area contributed by atoms with E-state index in [0.29, 0.717) is 13.0 Å². The number of fused-ring (bicyclic) bond motifs is 3. The summed E-state index contributed by atoms with van der Waals surface area (Å²) in [5, 5.41) is 14.6. The number of carboxylic acids is 1. The van der Waals surface area contributed by atoms with E-state index in [1.54, 1.807) is 0 Å². The zero-order chi connectivity index (χ0) is 23.6. The fraction of sp³-hybridized carbons (Fsp3) is 0.400. The normalized spacial score (nSPS) is 19.5. The highest BCUT2D eigenvalue weighted by Gasteiger charge is 2.37. The van der Waals surface area contributed by atoms with Gasteiger partial charge in [0.15, 0.2) is 6.10 Å². The second-order valence-corrected chi connectivity index (χ2v) is 9.06. The van der Waals surface area contributed by atoms with Crippen LogP contribution in [0.1, 0.15) is 37.3 Å². The van der Waals surface area contributed by atoms with E-state index in [4.69, 9.17) is 9.47 Å². The van der Waals surface area contributed by atoms with Gasteiger partial charge in [0.1, 0.15) is 6.61 Å². The molecule has 174 valence electrons. The number of hydrogen-bond donors (Lipinski definition) is 3. The van der Waals surface area contributed by atoms with Crippen LogP contribution in [-0.2, 0) is 19.1 Å². The van der Waals surface area contributed by atoms with E-state index in [0.717, 1.165) is 22.3 Å². The minimum absolute atomic E-state index is 0.0430. The van der Waals surface area contributed by atoms with Crippen molar-refractivity contribution in [1.29, 1.82) is 0 Å². The van der Waals surface area contributed by atoms with Gasteiger partial charge in [-0.1, -0.05) is 48.5 Å². The molecule has 0 saturated carbocycles. The maximum absolute atomic E-state index is 12.6. The van der Waals surface area contributed by atoms with Crippen LogP contribution in [0.5, 0.6) is 0 Å². The van der Waals surface area contributed by atoms with Gasteiger partial charge in [-0.2, -0.15) is 0 Å². The van der Waals surface area contributed by atoms with Crippen LogP contribution in [0.2, 0.25) is 0 Å². The number of alkyl carbamates (subject to hydrolysis) is 1. The van der Waals surface area contributed by atoms with Crippen LogP contribution in [0.4, 0.5) is 4.79 Å². The molecular formula is C25H28N2O6. The molecule has 2 amide bonds. The standard InChI is InChI=1S/C25H28N2O6/c1-25(2,23(29)30)14-26-22(28)21-20(11-12-32-21)27-24(31)33-13-19-17-9-5-3-7-15(17)16-8-4-6-10-18(16)19/h3-10,19-21H,11-14H2,1-2H3,(H,26,28)(H,27,31)(H,29,30)/t20-,21+/m0/s1. The molecule has 2 aromatic carbocycles. The second kappa shape index (κ2) is 9.23. The number of ether oxygens (including phenoxy) is 2. The summed E-state index contributed by atoms with van der Waals surface area (Å²) in [6.07, 6.45) is -1.05. The van der Waals surface area contributed by atoms with E-state index >= 15 is 0 Å². The fourth-order valence-corrected chi connectivity index (χ4v) is 4.27. The van der Waals surface area contributed by atoms with Crippen molar-refractivity contribution in [2.45, 2.75) is 38.3 Å². The van der Waals surface area contributed by atoms with Gasteiger partial charge in [0, 0.05) is 19.1 Å². The predicted octanol–water partition coefficient (Wildman–Crippen LogP) is 2.91. The third kappa shape index (κ3) is 4.71. The maximum atomic E-state index is 12.6. The molecule has 0 unspecified atom stereocenters. The molecule has 0 bridgehead atoms. The average molecular weight is 453 g/mol. The van der Waals surface area contributed by atoms with Crippen LogP contribution in [0, 0.1) is 5.41 Å². The predicted molar refractivity (Wildman–Crippen MR) is 121 cm³/mol. The number of rotatable bonds is 7. The lowest BCUT2D eigenvalue weighted by Gasteiger charge is -2.23. The van der Waals surface area contributed by atoms with Crippen molar-refractivity contribution in [3.8, 4) is 11.1 Å². The molecule has 2 aliphatic rings. The lowest BCUT2D eigenvalue weighted by molar-refractivity contribution is -0.147. The minimum atomic E-state index is -1.11. The van der Waals surface area contributed by atoms with Crippen molar-refractivity contribution in [1.82, 2.24) is 10.6 Å². The number of amides is 2. The topological polar surface area (TPSA) is 114 Å². The summed E-state index contributed by atoms with van der Waals surface area (Å²) in [5.41, 5.74) is 3.42. The second-order valence-electron chi connectivity index (χ2n) is 9.06. The molecular weight excluding hydrogens is 424 g/mol. The third-order valence-electron chi connectivity index (χ3n) is 6.28. The molecule has 33 heavy (non-hydrogen) atoms. The maximum Gasteiger partial charge on any atom is 0.407 e. The Labute approximate surface area is 192 Å². The highest BCUT2D eigenvalue weighted by Crippen LogP contribution is 2.44. The van der Waals surface area contributed by atoms with Crippen molar-refractivity contribution in [2.24, 2.45) is 5.41 Å². The lowest BCUT2D eigenvalue weighted by Crippen LogP contribution is -2.50. The summed E-state index contributed by atoms with van der Waals surface area (Å²) in [6, 6.07) is 15.6. The van der Waals surface area contributed by atoms with Gasteiger partial charge < -0.3 is 25.2 Å². The average Bonchev–Trinajstić information content (AvgIpc) is 3.38. The molecule has 2 aromatic rings. The van der Waals surface area contributed by atoms with E-state index < -0.39 is 35.5 Å². The summed E-state index contributed by atoms with van der Waals surface area (Å²) in [5.74, 6) is -1.52. The molecule has 0 radical (unpaired) electrons. The van der Waals surface area contributed by atoms with Gasteiger partial charge in [-0.3, -0.25) is 9.59 Å². The molecule has 0 spiro atoms. The van der Waals surface area contributed by atoms with E-state index in [2.05, 4.69) is 22.8 Å². The van der Waals surface area contributed by atoms with Crippen molar-refractivity contribution in [3.05, 3.63) is 59.7 Å². The summed E-state index contributed by atoms with van der Waals surface area (Å²) in [4.78, 5) is 36.3. The molecule has 1 saturated heterocycles. The highest BCUT2D eigenvalue weighted by atomic mass is 16.6. The molecule has 3 N–H and O–H groups in total. The van der Waals surface area contributed by atoms with Gasteiger partial charge in [-0.25, -0.2) is 4.79 Å². The number of hydrogen-bond acceptors (Lipinski definition) is 5. The van der Waals surface area contributed by atoms with E-state index in [9.17, 15) is 19.5 Å². The zero-order valence-electron chi connectivity index (χ0n) is 18.7. The largest absolute Gasteiger partial charge is 0.481 e. The number of carboxylic acid groups (broad SMARTS) is 1. The van der Waals surface area contributed by atoms with E-state index in [1.807, 2.05) is 36.4 Å². The molecule has 1 fully saturated rings. The summed E-state index contributed by atoms with van der Waals surface area (Å²) in [7, 11) is 0. The van der Waals surface area contributed by atoms with Crippen molar-refractivity contribution in [3.63, 3.8) is 0 Å². The van der Waals surface area contributed by atoms with E-state index in [1.165, 1.54) is 13.8 Å². The number of benzene rings is 2. The third-order valence-corrected chi connectivity index (χ3v) is 6.28. The number of aliphatic carboxylic acids is 1. The smallest absolute Gasteiger partial charge is 0.407 e. The van der Waals surface area contributed by atoms with Crippen LogP contribution in [0.3, 0.4) is 0 Å². The summed E-state index contributed by atoms with van der Waals surface area (Å²) >= 11 is 0. The van der Waals surface area contributed by atoms with Crippen LogP contribution < -0.4 is 10.6 Å². The Kier molecular flexibility index (Phi) is 6.37. The van der Waals surface area contributed by atoms with Crippen LogP contribution in [0.25, 0.3) is 11.1 Å². The molecule has 1 aliphatic heterocycles. The van der Waals surface area contributed by atoms with Crippen LogP contribution in [-0.4, -0.2) is 55.0 Å². The van der Waals surface area contributed by atoms with Crippen LogP contribution >= 0.6 is 0 Å². The van der Waals surface area contributed by atoms with Crippen molar-refractivity contribution >= 4 is 18.0 Å².